The van der Waals surface area contributed by atoms with Gasteiger partial charge in [-0.05, 0) is 80.3 Å². The summed E-state index contributed by atoms with van der Waals surface area (Å²) >= 11 is 0. The van der Waals surface area contributed by atoms with E-state index < -0.39 is 0 Å². The number of H-pyrrole nitrogens is 1. The number of nitrogens with one attached hydrogen (secondary N) is 3. The average molecular weight is 467 g/mol. The van der Waals surface area contributed by atoms with E-state index in [-0.39, 0.29) is 17.7 Å². The first-order chi connectivity index (χ1) is 17.1. The van der Waals surface area contributed by atoms with Gasteiger partial charge in [0, 0.05) is 29.4 Å². The number of pyridine rings is 2. The van der Waals surface area contributed by atoms with Gasteiger partial charge in [0.2, 0.25) is 5.91 Å². The predicted molar refractivity (Wildman–Crippen MR) is 134 cm³/mol. The minimum atomic E-state index is -0.327. The van der Waals surface area contributed by atoms with E-state index in [1.165, 1.54) is 19.3 Å². The molecule has 2 fully saturated rings. The van der Waals surface area contributed by atoms with Gasteiger partial charge in [-0.15, -0.1) is 0 Å². The summed E-state index contributed by atoms with van der Waals surface area (Å²) in [6.07, 6.45) is 9.08. The molecule has 2 aliphatic rings. The highest BCUT2D eigenvalue weighted by Crippen LogP contribution is 2.47. The van der Waals surface area contributed by atoms with Gasteiger partial charge >= 0.3 is 0 Å². The van der Waals surface area contributed by atoms with Gasteiger partial charge in [-0.2, -0.15) is 0 Å². The van der Waals surface area contributed by atoms with Crippen molar-refractivity contribution in [2.24, 2.45) is 17.8 Å². The number of imidazole rings is 1. The molecule has 8 nitrogen and oxygen atoms in total. The molecule has 1 aromatic carbocycles. The van der Waals surface area contributed by atoms with E-state index in [2.05, 4.69) is 30.6 Å². The molecule has 2 amide bonds. The molecule has 0 saturated heterocycles. The Labute approximate surface area is 202 Å². The smallest absolute Gasteiger partial charge is 0.275 e. The summed E-state index contributed by atoms with van der Waals surface area (Å²) in [6, 6.07) is 14.6. The predicted octanol–water partition coefficient (Wildman–Crippen LogP) is 5.04. The molecule has 6 rings (SSSR count). The number of nitrogens with zero attached hydrogens (tertiary/aromatic N) is 3. The van der Waals surface area contributed by atoms with Crippen LogP contribution in [0.25, 0.3) is 22.4 Å². The number of carbonyl (C=O) groups is 2. The lowest BCUT2D eigenvalue weighted by molar-refractivity contribution is -0.122. The lowest BCUT2D eigenvalue weighted by atomic mass is 9.62. The summed E-state index contributed by atoms with van der Waals surface area (Å²) < 4.78 is 0. The second-order valence-corrected chi connectivity index (χ2v) is 9.52. The normalized spacial score (nSPS) is 21.1. The van der Waals surface area contributed by atoms with Crippen LogP contribution in [-0.2, 0) is 4.79 Å². The van der Waals surface area contributed by atoms with Crippen molar-refractivity contribution in [1.82, 2.24) is 19.9 Å². The number of hydrogen-bond acceptors (Lipinski definition) is 5. The Balaban J connectivity index is 1.13. The van der Waals surface area contributed by atoms with Gasteiger partial charge in [-0.1, -0.05) is 6.07 Å². The second kappa shape index (κ2) is 8.94. The van der Waals surface area contributed by atoms with E-state index in [4.69, 9.17) is 0 Å². The van der Waals surface area contributed by atoms with Crippen molar-refractivity contribution in [3.05, 3.63) is 66.6 Å². The highest BCUT2D eigenvalue weighted by molar-refractivity contribution is 6.03. The fourth-order valence-electron chi connectivity index (χ4n) is 5.21. The Morgan fingerprint density at radius 1 is 0.914 bits per heavy atom. The van der Waals surface area contributed by atoms with Gasteiger partial charge in [-0.3, -0.25) is 14.6 Å². The molecule has 3 heterocycles. The van der Waals surface area contributed by atoms with Gasteiger partial charge in [0.05, 0.1) is 17.2 Å². The van der Waals surface area contributed by atoms with E-state index in [0.717, 1.165) is 41.4 Å². The summed E-state index contributed by atoms with van der Waals surface area (Å²) in [6.45, 7) is 0. The number of hydrogen-bond donors (Lipinski definition) is 3. The molecule has 0 spiro atoms. The first kappa shape index (κ1) is 21.5. The third kappa shape index (κ3) is 4.39. The van der Waals surface area contributed by atoms with Crippen LogP contribution in [0.1, 0.15) is 42.6 Å². The Bertz CT molecular complexity index is 1380. The molecule has 3 N–H and O–H groups in total. The molecule has 2 aliphatic carbocycles. The van der Waals surface area contributed by atoms with Crippen molar-refractivity contribution in [2.75, 3.05) is 10.6 Å². The Hall–Kier alpha value is -4.07. The summed E-state index contributed by atoms with van der Waals surface area (Å²) in [5, 5.41) is 5.84. The molecule has 0 aliphatic heterocycles. The monoisotopic (exact) mass is 466 g/mol. The summed E-state index contributed by atoms with van der Waals surface area (Å²) in [7, 11) is 0. The number of aromatic nitrogens is 4. The van der Waals surface area contributed by atoms with Crippen LogP contribution in [-0.4, -0.2) is 31.8 Å². The van der Waals surface area contributed by atoms with E-state index in [1.54, 1.807) is 36.7 Å². The Morgan fingerprint density at radius 3 is 2.49 bits per heavy atom. The van der Waals surface area contributed by atoms with Crippen LogP contribution in [0.3, 0.4) is 0 Å². The highest BCUT2D eigenvalue weighted by atomic mass is 16.2. The van der Waals surface area contributed by atoms with Gasteiger partial charge in [0.15, 0.2) is 0 Å². The number of benzene rings is 1. The van der Waals surface area contributed by atoms with Crippen LogP contribution in [0.2, 0.25) is 0 Å². The number of carbonyl (C=O) groups excluding carboxylic acids is 2. The van der Waals surface area contributed by atoms with Crippen molar-refractivity contribution in [3.63, 3.8) is 0 Å². The number of rotatable bonds is 5. The van der Waals surface area contributed by atoms with Gasteiger partial charge in [-0.25, -0.2) is 9.97 Å². The van der Waals surface area contributed by atoms with Crippen molar-refractivity contribution in [2.45, 2.75) is 32.1 Å². The van der Waals surface area contributed by atoms with Gasteiger partial charge in [0.1, 0.15) is 17.3 Å². The molecule has 3 unspecified atom stereocenters. The zero-order chi connectivity index (χ0) is 23.8. The lowest BCUT2D eigenvalue weighted by Gasteiger charge is -2.43. The van der Waals surface area contributed by atoms with Crippen molar-refractivity contribution in [1.29, 1.82) is 0 Å². The van der Waals surface area contributed by atoms with Gasteiger partial charge < -0.3 is 15.6 Å². The Kier molecular flexibility index (Phi) is 5.48. The van der Waals surface area contributed by atoms with E-state index in [1.807, 2.05) is 24.3 Å². The van der Waals surface area contributed by atoms with E-state index in [0.29, 0.717) is 22.9 Å². The zero-order valence-electron chi connectivity index (χ0n) is 19.2. The third-order valence-electron chi connectivity index (χ3n) is 7.35. The molecule has 0 radical (unpaired) electrons. The molecule has 3 aromatic heterocycles. The minimum Gasteiger partial charge on any atom is -0.337 e. The minimum absolute atomic E-state index is 0.131. The number of fused-ring (bicyclic) bond motifs is 2. The molecule has 8 heteroatoms. The molecule has 176 valence electrons. The first-order valence-corrected chi connectivity index (χ1v) is 12.1. The molecular weight excluding hydrogens is 440 g/mol. The third-order valence-corrected chi connectivity index (χ3v) is 7.35. The topological polar surface area (TPSA) is 113 Å². The average Bonchev–Trinajstić information content (AvgIpc) is 3.29. The fourth-order valence-corrected chi connectivity index (χ4v) is 5.21. The standard InChI is InChI=1S/C27H26N6O2/c34-26(19-7-5-16-4-6-18(16)13-19)30-20-10-8-17(9-11-20)25-31-22-14-24(29-15-23(22)32-25)33-27(35)21-3-1-2-12-28-21/h1-3,8-12,14-16,18-19H,4-7,13H2,(H,30,34)(H,31,32)(H,29,33,35). The number of amides is 2. The van der Waals surface area contributed by atoms with E-state index in [9.17, 15) is 9.59 Å². The highest BCUT2D eigenvalue weighted by Gasteiger charge is 2.38. The quantitative estimate of drug-likeness (QED) is 0.382. The van der Waals surface area contributed by atoms with Crippen LogP contribution in [0, 0.1) is 17.8 Å². The maximum atomic E-state index is 12.7. The summed E-state index contributed by atoms with van der Waals surface area (Å²) in [5.41, 5.74) is 3.47. The summed E-state index contributed by atoms with van der Waals surface area (Å²) in [5.74, 6) is 2.66. The zero-order valence-corrected chi connectivity index (χ0v) is 19.2. The molecular formula is C27H26N6O2. The molecule has 3 atom stereocenters. The maximum absolute atomic E-state index is 12.7. The van der Waals surface area contributed by atoms with Crippen LogP contribution in [0.15, 0.2) is 60.9 Å². The number of anilines is 2. The first-order valence-electron chi connectivity index (χ1n) is 12.1. The Morgan fingerprint density at radius 2 is 1.74 bits per heavy atom. The van der Waals surface area contributed by atoms with Crippen LogP contribution < -0.4 is 10.6 Å². The fraction of sp³-hybridized carbons (Fsp3) is 0.296. The van der Waals surface area contributed by atoms with Crippen LogP contribution in [0.5, 0.6) is 0 Å². The van der Waals surface area contributed by atoms with E-state index >= 15 is 0 Å². The second-order valence-electron chi connectivity index (χ2n) is 9.52. The molecule has 4 aromatic rings. The molecule has 35 heavy (non-hydrogen) atoms. The van der Waals surface area contributed by atoms with Crippen LogP contribution in [0.4, 0.5) is 11.5 Å². The number of aromatic amines is 1. The largest absolute Gasteiger partial charge is 0.337 e. The van der Waals surface area contributed by atoms with Crippen LogP contribution >= 0.6 is 0 Å². The SMILES string of the molecule is O=C(Nc1cc2nc(-c3ccc(NC(=O)C4CCC5CCC5C4)cc3)[nH]c2cn1)c1ccccn1. The van der Waals surface area contributed by atoms with Gasteiger partial charge in [0.25, 0.3) is 5.91 Å². The maximum Gasteiger partial charge on any atom is 0.275 e. The van der Waals surface area contributed by atoms with Crippen molar-refractivity contribution in [3.8, 4) is 11.4 Å². The molecule has 0 bridgehead atoms. The molecule has 2 saturated carbocycles. The summed E-state index contributed by atoms with van der Waals surface area (Å²) in [4.78, 5) is 41.4. The van der Waals surface area contributed by atoms with Crippen molar-refractivity contribution >= 4 is 34.4 Å². The van der Waals surface area contributed by atoms with Crippen molar-refractivity contribution < 1.29 is 9.59 Å². The lowest BCUT2D eigenvalue weighted by Crippen LogP contribution is -2.37.